The Morgan fingerprint density at radius 2 is 1.93 bits per heavy atom. The van der Waals surface area contributed by atoms with E-state index in [1.807, 2.05) is 12.2 Å². The third-order valence-corrected chi connectivity index (χ3v) is 6.74. The molecule has 28 heavy (non-hydrogen) atoms. The zero-order chi connectivity index (χ0) is 20.6. The van der Waals surface area contributed by atoms with Crippen molar-refractivity contribution in [1.82, 2.24) is 0 Å². The lowest BCUT2D eigenvalue weighted by Gasteiger charge is -2.28. The summed E-state index contributed by atoms with van der Waals surface area (Å²) in [4.78, 5) is 22.9. The second-order valence-corrected chi connectivity index (χ2v) is 8.85. The van der Waals surface area contributed by atoms with Crippen molar-refractivity contribution >= 4 is 11.8 Å². The highest BCUT2D eigenvalue weighted by Gasteiger charge is 2.42. The van der Waals surface area contributed by atoms with E-state index in [1.165, 1.54) is 0 Å². The molecule has 160 valence electrons. The fraction of sp³-hybridized carbons (Fsp3) is 0.826. The highest BCUT2D eigenvalue weighted by molar-refractivity contribution is 5.84. The zero-order valence-corrected chi connectivity index (χ0v) is 17.3. The van der Waals surface area contributed by atoms with E-state index in [-0.39, 0.29) is 36.4 Å². The van der Waals surface area contributed by atoms with E-state index in [4.69, 9.17) is 5.11 Å². The van der Waals surface area contributed by atoms with Gasteiger partial charge in [0.25, 0.3) is 0 Å². The summed E-state index contributed by atoms with van der Waals surface area (Å²) in [5.41, 5.74) is -0.790. The number of carbonyl (C=O) groups is 2. The van der Waals surface area contributed by atoms with E-state index < -0.39 is 17.7 Å². The van der Waals surface area contributed by atoms with Gasteiger partial charge in [-0.1, -0.05) is 51.2 Å². The number of ketones is 1. The Hall–Kier alpha value is -1.20. The molecule has 0 aromatic heterocycles. The number of aliphatic hydroxyl groups is 2. The number of unbranched alkanes of at least 4 members (excludes halogenated alkanes) is 4. The van der Waals surface area contributed by atoms with Crippen LogP contribution in [0.15, 0.2) is 12.2 Å². The molecule has 2 saturated carbocycles. The quantitative estimate of drug-likeness (QED) is 0.340. The summed E-state index contributed by atoms with van der Waals surface area (Å²) in [5.74, 6) is -0.742. The standard InChI is InChI=1S/C23H38O5/c1-2-3-9-17-10-8-14-23(17,28)15-13-19-18(20(24)16-21(19)25)11-6-4-5-7-12-22(26)27/h13,15,17-19,21,25,28H,2-12,14,16H2,1H3,(H,26,27)/t17-,18-,19-,21-,23+/m1/s1. The Morgan fingerprint density at radius 1 is 1.18 bits per heavy atom. The van der Waals surface area contributed by atoms with Crippen molar-refractivity contribution in [2.45, 2.75) is 102 Å². The Bertz CT molecular complexity index is 543. The molecule has 2 aliphatic rings. The van der Waals surface area contributed by atoms with Crippen LogP contribution in [-0.2, 0) is 9.59 Å². The first-order chi connectivity index (χ1) is 13.4. The minimum Gasteiger partial charge on any atom is -0.481 e. The fourth-order valence-electron chi connectivity index (χ4n) is 5.01. The van der Waals surface area contributed by atoms with Crippen LogP contribution in [-0.4, -0.2) is 38.8 Å². The number of carboxylic acid groups (broad SMARTS) is 1. The summed E-state index contributed by atoms with van der Waals surface area (Å²) < 4.78 is 0. The van der Waals surface area contributed by atoms with Gasteiger partial charge in [-0.3, -0.25) is 9.59 Å². The molecule has 5 heteroatoms. The van der Waals surface area contributed by atoms with Crippen LogP contribution in [0.4, 0.5) is 0 Å². The van der Waals surface area contributed by atoms with Crippen LogP contribution >= 0.6 is 0 Å². The Morgan fingerprint density at radius 3 is 2.64 bits per heavy atom. The highest BCUT2D eigenvalue weighted by Crippen LogP contribution is 2.41. The van der Waals surface area contributed by atoms with Crippen LogP contribution in [0.1, 0.15) is 90.4 Å². The summed E-state index contributed by atoms with van der Waals surface area (Å²) in [7, 11) is 0. The highest BCUT2D eigenvalue weighted by atomic mass is 16.4. The maximum absolute atomic E-state index is 12.4. The Balaban J connectivity index is 1.89. The van der Waals surface area contributed by atoms with Crippen LogP contribution in [0.25, 0.3) is 0 Å². The van der Waals surface area contributed by atoms with Crippen molar-refractivity contribution in [3.05, 3.63) is 12.2 Å². The number of carboxylic acids is 1. The molecular formula is C23H38O5. The zero-order valence-electron chi connectivity index (χ0n) is 17.3. The second kappa shape index (κ2) is 11.1. The molecule has 0 spiro atoms. The van der Waals surface area contributed by atoms with Crippen LogP contribution < -0.4 is 0 Å². The molecule has 5 atom stereocenters. The summed E-state index contributed by atoms with van der Waals surface area (Å²) in [6.07, 6.45) is 13.7. The predicted octanol–water partition coefficient (Wildman–Crippen LogP) is 4.26. The molecule has 0 amide bonds. The number of hydrogen-bond acceptors (Lipinski definition) is 4. The van der Waals surface area contributed by atoms with Crippen molar-refractivity contribution in [1.29, 1.82) is 0 Å². The molecular weight excluding hydrogens is 356 g/mol. The molecule has 0 aromatic rings. The van der Waals surface area contributed by atoms with E-state index in [0.29, 0.717) is 6.42 Å². The molecule has 3 N–H and O–H groups in total. The topological polar surface area (TPSA) is 94.8 Å². The van der Waals surface area contributed by atoms with Gasteiger partial charge < -0.3 is 15.3 Å². The SMILES string of the molecule is CCCC[C@@H]1CCC[C@]1(O)C=C[C@H]1[C@H](O)CC(=O)[C@@H]1CCCCCCC(=O)O. The first kappa shape index (κ1) is 23.1. The minimum atomic E-state index is -0.790. The first-order valence-corrected chi connectivity index (χ1v) is 11.2. The van der Waals surface area contributed by atoms with E-state index in [0.717, 1.165) is 64.2 Å². The minimum absolute atomic E-state index is 0.119. The summed E-state index contributed by atoms with van der Waals surface area (Å²) in [6.45, 7) is 2.16. The molecule has 5 nitrogen and oxygen atoms in total. The van der Waals surface area contributed by atoms with Crippen LogP contribution in [0, 0.1) is 17.8 Å². The monoisotopic (exact) mass is 394 g/mol. The lowest BCUT2D eigenvalue weighted by molar-refractivity contribution is -0.137. The number of aliphatic hydroxyl groups excluding tert-OH is 1. The van der Waals surface area contributed by atoms with Gasteiger partial charge in [0.05, 0.1) is 11.7 Å². The smallest absolute Gasteiger partial charge is 0.303 e. The van der Waals surface area contributed by atoms with E-state index in [1.54, 1.807) is 0 Å². The molecule has 0 heterocycles. The summed E-state index contributed by atoms with van der Waals surface area (Å²) in [6, 6.07) is 0. The van der Waals surface area contributed by atoms with Gasteiger partial charge in [-0.2, -0.15) is 0 Å². The van der Waals surface area contributed by atoms with Crippen molar-refractivity contribution < 1.29 is 24.9 Å². The molecule has 0 bridgehead atoms. The molecule has 2 rings (SSSR count). The number of rotatable bonds is 12. The normalized spacial score (nSPS) is 33.2. The number of carbonyl (C=O) groups excluding carboxylic acids is 1. The molecule has 0 aromatic carbocycles. The van der Waals surface area contributed by atoms with Crippen molar-refractivity contribution in [2.24, 2.45) is 17.8 Å². The molecule has 0 aliphatic heterocycles. The number of aliphatic carboxylic acids is 1. The van der Waals surface area contributed by atoms with Gasteiger partial charge in [-0.25, -0.2) is 0 Å². The van der Waals surface area contributed by atoms with Crippen LogP contribution in [0.3, 0.4) is 0 Å². The van der Waals surface area contributed by atoms with Gasteiger partial charge in [0.1, 0.15) is 5.78 Å². The summed E-state index contributed by atoms with van der Waals surface area (Å²) in [5, 5.41) is 30.1. The van der Waals surface area contributed by atoms with Crippen molar-refractivity contribution in [2.75, 3.05) is 0 Å². The molecule has 0 radical (unpaired) electrons. The van der Waals surface area contributed by atoms with Crippen LogP contribution in [0.2, 0.25) is 0 Å². The number of Topliss-reactive ketones (excluding diaryl/α,β-unsaturated/α-hetero) is 1. The van der Waals surface area contributed by atoms with Gasteiger partial charge in [-0.15, -0.1) is 0 Å². The average molecular weight is 395 g/mol. The van der Waals surface area contributed by atoms with Gasteiger partial charge in [-0.05, 0) is 44.4 Å². The lowest BCUT2D eigenvalue weighted by Crippen LogP contribution is -2.31. The summed E-state index contributed by atoms with van der Waals surface area (Å²) >= 11 is 0. The third kappa shape index (κ3) is 6.41. The van der Waals surface area contributed by atoms with E-state index in [2.05, 4.69) is 6.92 Å². The van der Waals surface area contributed by atoms with Crippen molar-refractivity contribution in [3.8, 4) is 0 Å². The lowest BCUT2D eigenvalue weighted by atomic mass is 9.83. The second-order valence-electron chi connectivity index (χ2n) is 8.85. The fourth-order valence-corrected chi connectivity index (χ4v) is 5.01. The largest absolute Gasteiger partial charge is 0.481 e. The Labute approximate surface area is 169 Å². The third-order valence-electron chi connectivity index (χ3n) is 6.74. The molecule has 2 aliphatic carbocycles. The predicted molar refractivity (Wildman–Crippen MR) is 109 cm³/mol. The van der Waals surface area contributed by atoms with Gasteiger partial charge in [0, 0.05) is 24.7 Å². The molecule has 0 saturated heterocycles. The van der Waals surface area contributed by atoms with Gasteiger partial charge in [0.2, 0.25) is 0 Å². The van der Waals surface area contributed by atoms with Crippen molar-refractivity contribution in [3.63, 3.8) is 0 Å². The first-order valence-electron chi connectivity index (χ1n) is 11.2. The maximum atomic E-state index is 12.4. The Kier molecular flexibility index (Phi) is 9.16. The van der Waals surface area contributed by atoms with Gasteiger partial charge in [0.15, 0.2) is 0 Å². The maximum Gasteiger partial charge on any atom is 0.303 e. The molecule has 0 unspecified atom stereocenters. The van der Waals surface area contributed by atoms with E-state index >= 15 is 0 Å². The molecule has 2 fully saturated rings. The van der Waals surface area contributed by atoms with E-state index in [9.17, 15) is 19.8 Å². The van der Waals surface area contributed by atoms with Crippen LogP contribution in [0.5, 0.6) is 0 Å². The van der Waals surface area contributed by atoms with Gasteiger partial charge >= 0.3 is 5.97 Å². The average Bonchev–Trinajstić information content (AvgIpc) is 3.13. The number of hydrogen-bond donors (Lipinski definition) is 3.